The number of piperazine rings is 1. The number of aromatic nitrogens is 1. The molecule has 1 aliphatic rings. The monoisotopic (exact) mass is 635 g/mol. The lowest BCUT2D eigenvalue weighted by Crippen LogP contribution is -2.48. The van der Waals surface area contributed by atoms with Crippen molar-refractivity contribution in [1.82, 2.24) is 15.2 Å². The van der Waals surface area contributed by atoms with Crippen LogP contribution in [-0.2, 0) is 10.0 Å². The quantitative estimate of drug-likeness (QED) is 0.288. The fraction of sp³-hybridized carbons (Fsp3) is 0.231. The Bertz CT molecular complexity index is 1490. The molecule has 0 unspecified atom stereocenters. The van der Waals surface area contributed by atoms with Crippen LogP contribution >= 0.6 is 39.7 Å². The first-order chi connectivity index (χ1) is 17.9. The summed E-state index contributed by atoms with van der Waals surface area (Å²) in [5.41, 5.74) is 1.91. The van der Waals surface area contributed by atoms with Gasteiger partial charge in [0.05, 0.1) is 15.1 Å². The van der Waals surface area contributed by atoms with Crippen LogP contribution in [0.1, 0.15) is 10.4 Å². The molecule has 1 amide bonds. The van der Waals surface area contributed by atoms with Gasteiger partial charge in [0.2, 0.25) is 0 Å². The summed E-state index contributed by atoms with van der Waals surface area (Å²) in [5.74, 6) is -0.184. The predicted molar refractivity (Wildman–Crippen MR) is 159 cm³/mol. The Morgan fingerprint density at radius 3 is 2.39 bits per heavy atom. The molecule has 12 heteroatoms. The van der Waals surface area contributed by atoms with Crippen LogP contribution in [0.3, 0.4) is 0 Å². The molecule has 2 N–H and O–H groups in total. The van der Waals surface area contributed by atoms with Crippen LogP contribution in [0, 0.1) is 0 Å². The second-order valence-electron chi connectivity index (χ2n) is 8.69. The van der Waals surface area contributed by atoms with E-state index in [1.165, 1.54) is 16.8 Å². The van der Waals surface area contributed by atoms with Crippen LogP contribution in [0.2, 0.25) is 0 Å². The topological polar surface area (TPSA) is 94.6 Å². The van der Waals surface area contributed by atoms with Crippen LogP contribution in [-0.4, -0.2) is 63.5 Å². The Morgan fingerprint density at radius 1 is 0.974 bits per heavy atom. The van der Waals surface area contributed by atoms with E-state index < -0.39 is 10.0 Å². The number of halogens is 2. The SMILES string of the molecule is Cl.O=C(NCCN1CCN(c2nc3ccc(Br)cc3s2)CC1)c1ccc(NS(=O)(=O)c2ccccc2)cc1. The Labute approximate surface area is 240 Å². The van der Waals surface area contributed by atoms with Gasteiger partial charge in [-0.2, -0.15) is 0 Å². The third kappa shape index (κ3) is 6.83. The molecule has 8 nitrogen and oxygen atoms in total. The number of thiazole rings is 1. The molecule has 4 aromatic rings. The zero-order valence-electron chi connectivity index (χ0n) is 20.3. The molecule has 0 bridgehead atoms. The van der Waals surface area contributed by atoms with E-state index in [2.05, 4.69) is 41.8 Å². The number of amides is 1. The van der Waals surface area contributed by atoms with Crippen molar-refractivity contribution >= 4 is 76.6 Å². The van der Waals surface area contributed by atoms with Crippen molar-refractivity contribution in [3.63, 3.8) is 0 Å². The molecule has 200 valence electrons. The van der Waals surface area contributed by atoms with Gasteiger partial charge in [0.1, 0.15) is 0 Å². The number of benzene rings is 3. The third-order valence-electron chi connectivity index (χ3n) is 6.15. The van der Waals surface area contributed by atoms with E-state index in [1.807, 2.05) is 12.1 Å². The van der Waals surface area contributed by atoms with E-state index in [0.29, 0.717) is 17.8 Å². The highest BCUT2D eigenvalue weighted by atomic mass is 79.9. The largest absolute Gasteiger partial charge is 0.351 e. The first-order valence-electron chi connectivity index (χ1n) is 11.9. The lowest BCUT2D eigenvalue weighted by atomic mass is 10.2. The first kappa shape index (κ1) is 28.3. The summed E-state index contributed by atoms with van der Waals surface area (Å²) >= 11 is 5.23. The summed E-state index contributed by atoms with van der Waals surface area (Å²) in [4.78, 5) is 22.2. The van der Waals surface area contributed by atoms with Crippen LogP contribution in [0.5, 0.6) is 0 Å². The molecule has 5 rings (SSSR count). The zero-order valence-corrected chi connectivity index (χ0v) is 24.4. The molecule has 0 spiro atoms. The van der Waals surface area contributed by atoms with Crippen molar-refractivity contribution in [2.24, 2.45) is 0 Å². The predicted octanol–water partition coefficient (Wildman–Crippen LogP) is 4.83. The van der Waals surface area contributed by atoms with Crippen molar-refractivity contribution in [2.45, 2.75) is 4.90 Å². The van der Waals surface area contributed by atoms with Crippen LogP contribution in [0.15, 0.2) is 82.2 Å². The van der Waals surface area contributed by atoms with Crippen molar-refractivity contribution in [3.8, 4) is 0 Å². The summed E-state index contributed by atoms with van der Waals surface area (Å²) in [5, 5.41) is 4.01. The smallest absolute Gasteiger partial charge is 0.261 e. The number of nitrogens with zero attached hydrogens (tertiary/aromatic N) is 3. The minimum Gasteiger partial charge on any atom is -0.351 e. The third-order valence-corrected chi connectivity index (χ3v) is 9.12. The van der Waals surface area contributed by atoms with E-state index in [4.69, 9.17) is 4.98 Å². The van der Waals surface area contributed by atoms with Gasteiger partial charge in [-0.3, -0.25) is 14.4 Å². The molecule has 2 heterocycles. The molecular weight excluding hydrogens is 610 g/mol. The van der Waals surface area contributed by atoms with Crippen LogP contribution in [0.25, 0.3) is 10.2 Å². The van der Waals surface area contributed by atoms with Crippen molar-refractivity contribution in [1.29, 1.82) is 0 Å². The fourth-order valence-electron chi connectivity index (χ4n) is 4.12. The summed E-state index contributed by atoms with van der Waals surface area (Å²) in [7, 11) is -3.67. The standard InChI is InChI=1S/C26H26BrN5O3S2.ClH/c27-20-8-11-23-24(18-20)36-26(29-23)32-16-14-31(15-17-32)13-12-28-25(33)19-6-9-21(10-7-19)30-37(34,35)22-4-2-1-3-5-22;/h1-11,18,30H,12-17H2,(H,28,33);1H. The second-order valence-corrected chi connectivity index (χ2v) is 12.3. The molecular formula is C26H27BrClN5O3S2. The molecule has 0 aliphatic carbocycles. The number of hydrogen-bond acceptors (Lipinski definition) is 7. The van der Waals surface area contributed by atoms with Gasteiger partial charge in [0.15, 0.2) is 5.13 Å². The van der Waals surface area contributed by atoms with Gasteiger partial charge in [-0.05, 0) is 54.6 Å². The summed E-state index contributed by atoms with van der Waals surface area (Å²) < 4.78 is 29.7. The second kappa shape index (κ2) is 12.4. The first-order valence-corrected chi connectivity index (χ1v) is 15.0. The average molecular weight is 637 g/mol. The summed E-state index contributed by atoms with van der Waals surface area (Å²) in [6.45, 7) is 4.92. The molecule has 38 heavy (non-hydrogen) atoms. The minimum atomic E-state index is -3.67. The van der Waals surface area contributed by atoms with Gasteiger partial charge in [0, 0.05) is 55.0 Å². The maximum Gasteiger partial charge on any atom is 0.261 e. The summed E-state index contributed by atoms with van der Waals surface area (Å²) in [6.07, 6.45) is 0. The number of carbonyl (C=O) groups is 1. The normalized spacial score (nSPS) is 14.2. The molecule has 1 saturated heterocycles. The molecule has 3 aromatic carbocycles. The van der Waals surface area contributed by atoms with E-state index >= 15 is 0 Å². The van der Waals surface area contributed by atoms with Crippen LogP contribution in [0.4, 0.5) is 10.8 Å². The average Bonchev–Trinajstić information content (AvgIpc) is 3.33. The molecule has 1 aliphatic heterocycles. The number of hydrogen-bond donors (Lipinski definition) is 2. The van der Waals surface area contributed by atoms with Crippen molar-refractivity contribution in [2.75, 3.05) is 48.9 Å². The number of sulfonamides is 1. The van der Waals surface area contributed by atoms with E-state index in [0.717, 1.165) is 47.8 Å². The molecule has 0 saturated carbocycles. The zero-order chi connectivity index (χ0) is 25.8. The molecule has 0 radical (unpaired) electrons. The highest BCUT2D eigenvalue weighted by molar-refractivity contribution is 9.10. The Balaban J connectivity index is 0.00000336. The Kier molecular flexibility index (Phi) is 9.27. The molecule has 1 fully saturated rings. The van der Waals surface area contributed by atoms with E-state index in [9.17, 15) is 13.2 Å². The summed E-state index contributed by atoms with van der Waals surface area (Å²) in [6, 6.07) is 20.7. The van der Waals surface area contributed by atoms with Gasteiger partial charge in [-0.1, -0.05) is 45.5 Å². The maximum atomic E-state index is 12.6. The lowest BCUT2D eigenvalue weighted by molar-refractivity contribution is 0.0948. The number of carbonyl (C=O) groups excluding carboxylic acids is 1. The minimum absolute atomic E-state index is 0. The van der Waals surface area contributed by atoms with Gasteiger partial charge in [-0.15, -0.1) is 12.4 Å². The molecule has 0 atom stereocenters. The van der Waals surface area contributed by atoms with Gasteiger partial charge >= 0.3 is 0 Å². The van der Waals surface area contributed by atoms with Gasteiger partial charge < -0.3 is 10.2 Å². The van der Waals surface area contributed by atoms with Gasteiger partial charge in [-0.25, -0.2) is 13.4 Å². The van der Waals surface area contributed by atoms with Crippen molar-refractivity contribution in [3.05, 3.63) is 82.8 Å². The number of nitrogens with one attached hydrogen (secondary N) is 2. The van der Waals surface area contributed by atoms with E-state index in [1.54, 1.807) is 53.8 Å². The van der Waals surface area contributed by atoms with E-state index in [-0.39, 0.29) is 23.2 Å². The van der Waals surface area contributed by atoms with Gasteiger partial charge in [0.25, 0.3) is 15.9 Å². The fourth-order valence-corrected chi connectivity index (χ4v) is 6.77. The van der Waals surface area contributed by atoms with Crippen LogP contribution < -0.4 is 14.9 Å². The Hall–Kier alpha value is -2.70. The highest BCUT2D eigenvalue weighted by Crippen LogP contribution is 2.31. The molecule has 1 aromatic heterocycles. The number of anilines is 2. The Morgan fingerprint density at radius 2 is 1.68 bits per heavy atom. The maximum absolute atomic E-state index is 12.6. The number of fused-ring (bicyclic) bond motifs is 1. The highest BCUT2D eigenvalue weighted by Gasteiger charge is 2.20. The van der Waals surface area contributed by atoms with Crippen molar-refractivity contribution < 1.29 is 13.2 Å². The number of rotatable bonds is 8. The lowest BCUT2D eigenvalue weighted by Gasteiger charge is -2.34.